The lowest BCUT2D eigenvalue weighted by Crippen LogP contribution is -1.99. The summed E-state index contributed by atoms with van der Waals surface area (Å²) < 4.78 is 79.9. The summed E-state index contributed by atoms with van der Waals surface area (Å²) in [6.45, 7) is -7.08. The number of aryl methyl sites for hydroxylation is 3. The zero-order chi connectivity index (χ0) is 32.3. The van der Waals surface area contributed by atoms with E-state index in [1.807, 2.05) is 41.0 Å². The molecule has 0 aliphatic heterocycles. The molecule has 0 spiro atoms. The third-order valence-corrected chi connectivity index (χ3v) is 6.52. The number of halogens is 1. The van der Waals surface area contributed by atoms with Crippen LogP contribution in [0.1, 0.15) is 29.0 Å². The molecular formula is C32H25BrN2O. The Bertz CT molecular complexity index is 2060. The van der Waals surface area contributed by atoms with Gasteiger partial charge in [0.25, 0.3) is 0 Å². The van der Waals surface area contributed by atoms with Crippen molar-refractivity contribution < 1.29 is 17.1 Å². The Morgan fingerprint density at radius 2 is 1.58 bits per heavy atom. The Balaban J connectivity index is 1.50. The highest BCUT2D eigenvalue weighted by atomic mass is 79.9. The van der Waals surface area contributed by atoms with Crippen LogP contribution in [0.2, 0.25) is 0 Å². The van der Waals surface area contributed by atoms with Gasteiger partial charge >= 0.3 is 0 Å². The van der Waals surface area contributed by atoms with Gasteiger partial charge in [-0.1, -0.05) is 64.0 Å². The molecule has 0 aliphatic rings. The number of pyridine rings is 1. The van der Waals surface area contributed by atoms with Gasteiger partial charge in [-0.15, -0.1) is 0 Å². The van der Waals surface area contributed by atoms with Crippen LogP contribution >= 0.6 is 15.9 Å². The molecule has 4 aromatic carbocycles. The fourth-order valence-corrected chi connectivity index (χ4v) is 4.94. The largest absolute Gasteiger partial charge is 0.457 e. The molecule has 0 unspecified atom stereocenters. The molecule has 6 rings (SSSR count). The average Bonchev–Trinajstić information content (AvgIpc) is 3.29. The Labute approximate surface area is 231 Å². The van der Waals surface area contributed by atoms with Crippen molar-refractivity contribution in [2.75, 3.05) is 0 Å². The van der Waals surface area contributed by atoms with Crippen LogP contribution in [0.5, 0.6) is 11.5 Å². The first-order valence-electron chi connectivity index (χ1n) is 15.7. The van der Waals surface area contributed by atoms with Gasteiger partial charge in [0.15, 0.2) is 0 Å². The van der Waals surface area contributed by atoms with Gasteiger partial charge in [0, 0.05) is 45.4 Å². The molecule has 0 bridgehead atoms. The first-order valence-corrected chi connectivity index (χ1v) is 12.0. The number of aromatic nitrogens is 2. The maximum Gasteiger partial charge on any atom is 0.137 e. The maximum absolute atomic E-state index is 8.33. The first-order chi connectivity index (χ1) is 21.1. The van der Waals surface area contributed by atoms with Crippen LogP contribution < -0.4 is 4.74 Å². The van der Waals surface area contributed by atoms with Crippen LogP contribution in [-0.2, 0) is 0 Å². The summed E-state index contributed by atoms with van der Waals surface area (Å²) in [7, 11) is 0. The van der Waals surface area contributed by atoms with Gasteiger partial charge in [-0.3, -0.25) is 4.57 Å². The predicted molar refractivity (Wildman–Crippen MR) is 152 cm³/mol. The Morgan fingerprint density at radius 3 is 2.42 bits per heavy atom. The lowest BCUT2D eigenvalue weighted by molar-refractivity contribution is 0.482. The fourth-order valence-electron chi connectivity index (χ4n) is 4.46. The summed E-state index contributed by atoms with van der Waals surface area (Å²) in [4.78, 5) is 4.70. The molecule has 0 aliphatic carbocycles. The van der Waals surface area contributed by atoms with Gasteiger partial charge in [0.1, 0.15) is 17.3 Å². The number of para-hydroxylation sites is 1. The van der Waals surface area contributed by atoms with Crippen LogP contribution in [0.25, 0.3) is 38.8 Å². The molecule has 2 aromatic heterocycles. The van der Waals surface area contributed by atoms with E-state index in [2.05, 4.69) is 15.9 Å². The zero-order valence-electron chi connectivity index (χ0n) is 27.9. The molecule has 0 saturated carbocycles. The van der Waals surface area contributed by atoms with Crippen molar-refractivity contribution in [2.24, 2.45) is 0 Å². The van der Waals surface area contributed by atoms with E-state index >= 15 is 0 Å². The summed E-state index contributed by atoms with van der Waals surface area (Å²) in [6, 6.07) is 25.6. The summed E-state index contributed by atoms with van der Waals surface area (Å²) >= 11 is 3.37. The predicted octanol–water partition coefficient (Wildman–Crippen LogP) is 9.33. The molecule has 0 fully saturated rings. The molecule has 0 radical (unpaired) electrons. The monoisotopic (exact) mass is 541 g/mol. The topological polar surface area (TPSA) is 27.1 Å². The van der Waals surface area contributed by atoms with Crippen molar-refractivity contribution in [3.05, 3.63) is 118 Å². The van der Waals surface area contributed by atoms with Crippen LogP contribution in [-0.4, -0.2) is 9.55 Å². The van der Waals surface area contributed by atoms with E-state index in [0.29, 0.717) is 38.4 Å². The van der Waals surface area contributed by atoms with Crippen molar-refractivity contribution in [1.29, 1.82) is 0 Å². The minimum Gasteiger partial charge on any atom is -0.457 e. The highest BCUT2D eigenvalue weighted by Crippen LogP contribution is 2.36. The number of fused-ring (bicyclic) bond motifs is 3. The van der Waals surface area contributed by atoms with E-state index < -0.39 is 20.6 Å². The number of hydrogen-bond acceptors (Lipinski definition) is 2. The fraction of sp³-hybridized carbons (Fsp3) is 0.0938. The molecule has 6 aromatic rings. The summed E-state index contributed by atoms with van der Waals surface area (Å²) in [5.41, 5.74) is 2.79. The number of benzene rings is 4. The van der Waals surface area contributed by atoms with Crippen molar-refractivity contribution in [3.8, 4) is 28.4 Å². The summed E-state index contributed by atoms with van der Waals surface area (Å²) in [5.74, 6) is 1.16. The Morgan fingerprint density at radius 1 is 0.750 bits per heavy atom. The second-order valence-electron chi connectivity index (χ2n) is 8.47. The van der Waals surface area contributed by atoms with E-state index in [1.165, 1.54) is 36.5 Å². The standard InChI is InChI=1S/C32H25BrN2O/c1-20-8-10-23(11-9-20)29-19-34-32(16-22(29)3)35-30-7-5-4-6-27(30)28-13-12-25(18-31(28)35)36-26-15-21(2)14-24(33)17-26/h4-19H,1-3H3/i1D3,2D3,3D3. The van der Waals surface area contributed by atoms with E-state index in [0.717, 1.165) is 16.3 Å². The first kappa shape index (κ1) is 14.6. The van der Waals surface area contributed by atoms with Crippen molar-refractivity contribution in [2.45, 2.75) is 20.6 Å². The smallest absolute Gasteiger partial charge is 0.137 e. The number of ether oxygens (including phenoxy) is 1. The van der Waals surface area contributed by atoms with Crippen LogP contribution in [0, 0.1) is 20.6 Å². The highest BCUT2D eigenvalue weighted by Gasteiger charge is 2.15. The minimum absolute atomic E-state index is 0.0683. The average molecular weight is 543 g/mol. The molecule has 36 heavy (non-hydrogen) atoms. The number of hydrogen-bond donors (Lipinski definition) is 0. The molecule has 0 N–H and O–H groups in total. The maximum atomic E-state index is 8.33. The normalized spacial score (nSPS) is 16.1. The molecule has 3 nitrogen and oxygen atoms in total. The second kappa shape index (κ2) is 8.96. The SMILES string of the molecule is [2H]C([2H])([2H])c1ccc(-c2cnc(-n3c4ccccc4c4ccc(Oc5cc(Br)cc(C([2H])([2H])[2H])c5)cc43)cc2C([2H])([2H])[2H])cc1. The minimum atomic E-state index is -2.50. The molecular weight excluding hydrogens is 508 g/mol. The van der Waals surface area contributed by atoms with Crippen LogP contribution in [0.3, 0.4) is 0 Å². The third-order valence-electron chi connectivity index (χ3n) is 6.07. The van der Waals surface area contributed by atoms with Crippen molar-refractivity contribution >= 4 is 37.7 Å². The van der Waals surface area contributed by atoms with E-state index in [1.54, 1.807) is 24.3 Å². The lowest BCUT2D eigenvalue weighted by atomic mass is 10.0. The van der Waals surface area contributed by atoms with Crippen molar-refractivity contribution in [1.82, 2.24) is 9.55 Å². The van der Waals surface area contributed by atoms with Crippen LogP contribution in [0.15, 0.2) is 102 Å². The van der Waals surface area contributed by atoms with Crippen molar-refractivity contribution in [3.63, 3.8) is 0 Å². The number of nitrogens with zero attached hydrogens (tertiary/aromatic N) is 2. The van der Waals surface area contributed by atoms with Gasteiger partial charge in [0.2, 0.25) is 0 Å². The van der Waals surface area contributed by atoms with Gasteiger partial charge in [-0.05, 0) is 79.7 Å². The van der Waals surface area contributed by atoms with E-state index in [9.17, 15) is 0 Å². The van der Waals surface area contributed by atoms with Gasteiger partial charge in [-0.2, -0.15) is 0 Å². The molecule has 176 valence electrons. The second-order valence-corrected chi connectivity index (χ2v) is 9.39. The lowest BCUT2D eigenvalue weighted by Gasteiger charge is -2.12. The van der Waals surface area contributed by atoms with E-state index in [4.69, 9.17) is 22.1 Å². The van der Waals surface area contributed by atoms with Gasteiger partial charge in [0.05, 0.1) is 11.0 Å². The molecule has 0 saturated heterocycles. The highest BCUT2D eigenvalue weighted by molar-refractivity contribution is 9.10. The summed E-state index contributed by atoms with van der Waals surface area (Å²) in [6.07, 6.45) is 1.50. The Hall–Kier alpha value is -3.89. The molecule has 4 heteroatoms. The molecule has 0 amide bonds. The number of rotatable bonds is 4. The quantitative estimate of drug-likeness (QED) is 0.222. The van der Waals surface area contributed by atoms with Gasteiger partial charge < -0.3 is 4.74 Å². The third kappa shape index (κ3) is 4.08. The van der Waals surface area contributed by atoms with E-state index in [-0.39, 0.29) is 16.7 Å². The summed E-state index contributed by atoms with van der Waals surface area (Å²) in [5, 5.41) is 1.81. The molecule has 0 atom stereocenters. The zero-order valence-corrected chi connectivity index (χ0v) is 20.5. The molecule has 2 heterocycles. The van der Waals surface area contributed by atoms with Gasteiger partial charge in [-0.25, -0.2) is 4.98 Å². The Kier molecular flexibility index (Phi) is 3.64. The van der Waals surface area contributed by atoms with Crippen LogP contribution in [0.4, 0.5) is 0 Å².